The fourth-order valence-corrected chi connectivity index (χ4v) is 7.71. The molecular formula is C28H28F3N7O10S2. The minimum Gasteiger partial charge on any atom is -0.481 e. The van der Waals surface area contributed by atoms with E-state index in [2.05, 4.69) is 20.2 Å². The Balaban J connectivity index is 1.35. The number of piperidine rings is 1. The number of hydrogen-bond acceptors (Lipinski definition) is 14. The molecule has 0 bridgehead atoms. The van der Waals surface area contributed by atoms with E-state index in [4.69, 9.17) is 10.8 Å². The van der Waals surface area contributed by atoms with E-state index < -0.39 is 76.5 Å². The number of carboxylic acids is 1. The van der Waals surface area contributed by atoms with Crippen molar-refractivity contribution in [2.24, 2.45) is 11.1 Å². The highest BCUT2D eigenvalue weighted by Crippen LogP contribution is 2.42. The van der Waals surface area contributed by atoms with Gasteiger partial charge in [0.05, 0.1) is 0 Å². The van der Waals surface area contributed by atoms with E-state index in [1.54, 1.807) is 4.90 Å². The molecule has 3 fully saturated rings. The van der Waals surface area contributed by atoms with E-state index in [0.717, 1.165) is 28.0 Å². The van der Waals surface area contributed by atoms with E-state index in [1.165, 1.54) is 23.3 Å². The number of aliphatic carboxylic acids is 1. The number of carbonyl (C=O) groups is 7. The molecule has 268 valence electrons. The van der Waals surface area contributed by atoms with Gasteiger partial charge in [-0.3, -0.25) is 28.9 Å². The third-order valence-corrected chi connectivity index (χ3v) is 10.4. The average molecular weight is 744 g/mol. The van der Waals surface area contributed by atoms with Gasteiger partial charge in [-0.25, -0.2) is 14.6 Å². The molecule has 50 heavy (non-hydrogen) atoms. The summed E-state index contributed by atoms with van der Waals surface area (Å²) in [6.45, 7) is 1.96. The summed E-state index contributed by atoms with van der Waals surface area (Å²) in [5.74, 6) is -10.3. The van der Waals surface area contributed by atoms with Crippen LogP contribution in [0.1, 0.15) is 31.9 Å². The number of rotatable bonds is 8. The predicted octanol–water partition coefficient (Wildman–Crippen LogP) is 0.0601. The van der Waals surface area contributed by atoms with Crippen molar-refractivity contribution in [2.75, 3.05) is 31.1 Å². The average Bonchev–Trinajstić information content (AvgIpc) is 3.66. The third kappa shape index (κ3) is 7.02. The smallest absolute Gasteiger partial charge is 0.481 e. The number of oxime groups is 1. The maximum Gasteiger partial charge on any atom is 0.491 e. The third-order valence-electron chi connectivity index (χ3n) is 8.44. The Labute approximate surface area is 287 Å². The van der Waals surface area contributed by atoms with Crippen LogP contribution in [0.3, 0.4) is 0 Å². The Bertz CT molecular complexity index is 1750. The lowest BCUT2D eigenvalue weighted by Gasteiger charge is -2.49. The lowest BCUT2D eigenvalue weighted by atomic mass is 10.0. The van der Waals surface area contributed by atoms with E-state index in [9.17, 15) is 51.9 Å². The van der Waals surface area contributed by atoms with Crippen molar-refractivity contribution in [3.8, 4) is 0 Å². The maximum atomic E-state index is 13.5. The Morgan fingerprint density at radius 1 is 1.18 bits per heavy atom. The Hall–Kier alpha value is -4.99. The molecule has 17 nitrogen and oxygen atoms in total. The van der Waals surface area contributed by atoms with E-state index in [1.807, 2.05) is 0 Å². The summed E-state index contributed by atoms with van der Waals surface area (Å²) in [5, 5.41) is 24.1. The number of aromatic nitrogens is 1. The van der Waals surface area contributed by atoms with Crippen molar-refractivity contribution in [1.29, 1.82) is 0 Å². The van der Waals surface area contributed by atoms with Gasteiger partial charge in [-0.2, -0.15) is 13.2 Å². The van der Waals surface area contributed by atoms with Gasteiger partial charge >= 0.3 is 24.1 Å². The lowest BCUT2D eigenvalue weighted by molar-refractivity contribution is -0.201. The fraction of sp³-hybridized carbons (Fsp3) is 0.464. The Kier molecular flexibility index (Phi) is 10.2. The quantitative estimate of drug-likeness (QED) is 0.0525. The standard InChI is InChI=1S/C28H28F3N7O10S2/c1-11(24(43)44)20(40)36-5-3-14(4-6-36)37-7-2-12(21(37)41)8-13-9-49-23-17(34-19(39)16(35-47)15-10-50-27(32)33-15)22(42)38(23)18(13)25(45)48-26(46)28(29,30)31/h8,10-11,14,17,23,47H,2-7,9H2,1H3,(H2,32,33)(H,34,39)(H,43,44)/b12-8+,35-16-/t11-,17-,23-/m1/s1. The number of carbonyl (C=O) groups excluding carboxylic acids is 6. The molecule has 4 aliphatic rings. The second-order valence-corrected chi connectivity index (χ2v) is 13.5. The molecule has 1 aromatic heterocycles. The molecule has 0 unspecified atom stereocenters. The van der Waals surface area contributed by atoms with Crippen LogP contribution in [-0.4, -0.2) is 126 Å². The van der Waals surface area contributed by atoms with Gasteiger partial charge in [0.15, 0.2) is 10.8 Å². The molecule has 3 atom stereocenters. The number of hydrogen-bond donors (Lipinski definition) is 4. The second-order valence-electron chi connectivity index (χ2n) is 11.5. The van der Waals surface area contributed by atoms with Crippen LogP contribution in [0.5, 0.6) is 0 Å². The van der Waals surface area contributed by atoms with Crippen LogP contribution in [-0.2, 0) is 38.3 Å². The molecular weight excluding hydrogens is 715 g/mol. The molecule has 3 saturated heterocycles. The van der Waals surface area contributed by atoms with Crippen LogP contribution in [0.25, 0.3) is 0 Å². The van der Waals surface area contributed by atoms with Crippen LogP contribution in [0.15, 0.2) is 33.5 Å². The normalized spacial score (nSPS) is 23.1. The van der Waals surface area contributed by atoms with Crippen LogP contribution >= 0.6 is 23.1 Å². The van der Waals surface area contributed by atoms with Gasteiger partial charge < -0.3 is 35.9 Å². The molecule has 0 spiro atoms. The summed E-state index contributed by atoms with van der Waals surface area (Å²) in [6, 6.07) is -1.66. The Morgan fingerprint density at radius 3 is 2.44 bits per heavy atom. The first-order valence-electron chi connectivity index (χ1n) is 14.8. The van der Waals surface area contributed by atoms with Gasteiger partial charge in [0.1, 0.15) is 28.7 Å². The number of thiazole rings is 1. The van der Waals surface area contributed by atoms with Gasteiger partial charge in [-0.05, 0) is 37.8 Å². The molecule has 0 aliphatic carbocycles. The first-order chi connectivity index (χ1) is 23.5. The van der Waals surface area contributed by atoms with Crippen molar-refractivity contribution in [3.63, 3.8) is 0 Å². The molecule has 5 rings (SSSR count). The van der Waals surface area contributed by atoms with E-state index in [-0.39, 0.29) is 59.8 Å². The number of nitrogen functional groups attached to an aromatic ring is 1. The highest BCUT2D eigenvalue weighted by molar-refractivity contribution is 8.00. The first kappa shape index (κ1) is 36.3. The molecule has 0 saturated carbocycles. The van der Waals surface area contributed by atoms with Crippen molar-refractivity contribution in [2.45, 2.75) is 49.8 Å². The number of amides is 4. The highest BCUT2D eigenvalue weighted by Gasteiger charge is 2.55. The number of nitrogens with one attached hydrogen (secondary N) is 1. The number of ether oxygens (including phenoxy) is 1. The van der Waals surface area contributed by atoms with Gasteiger partial charge in [-0.15, -0.1) is 23.1 Å². The monoisotopic (exact) mass is 743 g/mol. The van der Waals surface area contributed by atoms with Crippen LogP contribution in [0, 0.1) is 5.92 Å². The number of alkyl halides is 3. The molecule has 1 aromatic rings. The largest absolute Gasteiger partial charge is 0.491 e. The minimum atomic E-state index is -5.54. The second kappa shape index (κ2) is 14.1. The molecule has 5 N–H and O–H groups in total. The molecule has 0 radical (unpaired) electrons. The van der Waals surface area contributed by atoms with Crippen molar-refractivity contribution >= 4 is 75.5 Å². The van der Waals surface area contributed by atoms with Gasteiger partial charge in [0.25, 0.3) is 11.8 Å². The molecule has 5 heterocycles. The molecule has 4 aliphatic heterocycles. The highest BCUT2D eigenvalue weighted by atomic mass is 32.2. The lowest BCUT2D eigenvalue weighted by Crippen LogP contribution is -2.71. The van der Waals surface area contributed by atoms with Crippen LogP contribution in [0.2, 0.25) is 0 Å². The number of esters is 2. The van der Waals surface area contributed by atoms with Gasteiger partial charge in [0.2, 0.25) is 11.8 Å². The first-order valence-corrected chi connectivity index (χ1v) is 16.7. The summed E-state index contributed by atoms with van der Waals surface area (Å²) >= 11 is 1.94. The molecule has 4 amide bonds. The number of fused-ring (bicyclic) bond motifs is 1. The number of anilines is 1. The number of allylic oxidation sites excluding steroid dienone is 1. The predicted molar refractivity (Wildman–Crippen MR) is 165 cm³/mol. The van der Waals surface area contributed by atoms with Gasteiger partial charge in [0, 0.05) is 42.4 Å². The SMILES string of the molecule is C[C@@H](C(=O)O)C(=O)N1CCC(N2CC/C(=C\C3=C(C(=O)OC(=O)C(F)(F)F)N4C(=O)[C@@H](NC(=O)/C(=N\O)c5csc(N)n5)[C@H]4SC3)C2=O)CC1. The maximum absolute atomic E-state index is 13.5. The summed E-state index contributed by atoms with van der Waals surface area (Å²) in [4.78, 5) is 95.4. The number of nitrogens with zero attached hydrogens (tertiary/aromatic N) is 5. The van der Waals surface area contributed by atoms with Crippen molar-refractivity contribution in [1.82, 2.24) is 25.0 Å². The number of halogens is 3. The minimum absolute atomic E-state index is 0.0550. The zero-order valence-electron chi connectivity index (χ0n) is 25.8. The molecule has 0 aromatic carbocycles. The van der Waals surface area contributed by atoms with E-state index >= 15 is 0 Å². The fourth-order valence-electron chi connectivity index (χ4n) is 5.86. The molecule has 22 heteroatoms. The number of thioether (sulfide) groups is 1. The number of likely N-dealkylation sites (tertiary alicyclic amines) is 2. The van der Waals surface area contributed by atoms with Crippen molar-refractivity contribution < 1.29 is 61.8 Å². The number of nitrogens with two attached hydrogens (primary N) is 1. The summed E-state index contributed by atoms with van der Waals surface area (Å²) in [5.41, 5.74) is 4.24. The summed E-state index contributed by atoms with van der Waals surface area (Å²) < 4.78 is 43.1. The Morgan fingerprint density at radius 2 is 1.86 bits per heavy atom. The van der Waals surface area contributed by atoms with E-state index in [0.29, 0.717) is 12.8 Å². The summed E-state index contributed by atoms with van der Waals surface area (Å²) in [6.07, 6.45) is -3.40. The zero-order chi connectivity index (χ0) is 36.7. The van der Waals surface area contributed by atoms with Gasteiger partial charge in [-0.1, -0.05) is 5.16 Å². The topological polar surface area (TPSA) is 242 Å². The van der Waals surface area contributed by atoms with Crippen LogP contribution in [0.4, 0.5) is 18.3 Å². The zero-order valence-corrected chi connectivity index (χ0v) is 27.5. The van der Waals surface area contributed by atoms with Crippen molar-refractivity contribution in [3.05, 3.63) is 34.0 Å². The summed E-state index contributed by atoms with van der Waals surface area (Å²) in [7, 11) is 0. The number of carboxylic acid groups (broad SMARTS) is 1. The number of β-lactam (4-membered cyclic amide) rings is 1. The van der Waals surface area contributed by atoms with Crippen LogP contribution < -0.4 is 11.1 Å².